The van der Waals surface area contributed by atoms with Crippen LogP contribution in [0.1, 0.15) is 93.9 Å². The van der Waals surface area contributed by atoms with Gasteiger partial charge in [0.25, 0.3) is 0 Å². The van der Waals surface area contributed by atoms with E-state index in [1.54, 1.807) is 0 Å². The molecule has 3 unspecified atom stereocenters. The highest BCUT2D eigenvalue weighted by atomic mass is 28.4. The lowest BCUT2D eigenvalue weighted by molar-refractivity contribution is -0.0310. The van der Waals surface area contributed by atoms with Gasteiger partial charge >= 0.3 is 8.56 Å². The SMILES string of the molecule is CCC(C)(O[Si](C)(C)C(CC)(CC)O[Si](C)(C)C)C(C)(CC)[Si](CCCNCCN)(OC)O[C@](C)(CC)[Si](C)(C)C. The standard InChI is InChI=1S/C31H74N2O4Si4/c1-18-28(6,35-40(16,17)31(21-4,22-5)37-39(13,14)15)29(7,19-2)41(34-9,27-23-25-33-26-24-32)36-30(8,20-3)38(10,11)12/h33H,18-27,32H2,1-17H3/t28?,29?,30-,41?/m0/s1. The summed E-state index contributed by atoms with van der Waals surface area (Å²) in [5.74, 6) is 0. The Labute approximate surface area is 261 Å². The first kappa shape index (κ1) is 41.6. The lowest BCUT2D eigenvalue weighted by atomic mass is 9.85. The Morgan fingerprint density at radius 3 is 1.56 bits per heavy atom. The maximum absolute atomic E-state index is 7.70. The van der Waals surface area contributed by atoms with Crippen molar-refractivity contribution < 1.29 is 17.7 Å². The molecule has 0 amide bonds. The molecule has 0 rings (SSSR count). The summed E-state index contributed by atoms with van der Waals surface area (Å²) in [4.78, 5) is 0. The van der Waals surface area contributed by atoms with E-state index in [-0.39, 0.29) is 15.5 Å². The van der Waals surface area contributed by atoms with Gasteiger partial charge in [-0.05, 0) is 97.7 Å². The van der Waals surface area contributed by atoms with Crippen molar-refractivity contribution in [3.05, 3.63) is 0 Å². The number of nitrogens with two attached hydrogens (primary N) is 1. The Balaban J connectivity index is 7.18. The first-order chi connectivity index (χ1) is 18.5. The zero-order valence-corrected chi connectivity index (χ0v) is 34.8. The Kier molecular flexibility index (Phi) is 16.0. The minimum Gasteiger partial charge on any atom is -0.412 e. The van der Waals surface area contributed by atoms with Crippen LogP contribution in [-0.4, -0.2) is 76.1 Å². The molecule has 0 aromatic rings. The molecule has 0 aromatic heterocycles. The molecule has 4 atom stereocenters. The van der Waals surface area contributed by atoms with Crippen LogP contribution in [0.25, 0.3) is 0 Å². The van der Waals surface area contributed by atoms with Crippen molar-refractivity contribution >= 4 is 33.3 Å². The van der Waals surface area contributed by atoms with Crippen molar-refractivity contribution in [2.24, 2.45) is 5.73 Å². The fourth-order valence-corrected chi connectivity index (χ4v) is 21.2. The monoisotopic (exact) mass is 650 g/mol. The predicted molar refractivity (Wildman–Crippen MR) is 191 cm³/mol. The van der Waals surface area contributed by atoms with Gasteiger partial charge in [-0.15, -0.1) is 0 Å². The average Bonchev–Trinajstić information content (AvgIpc) is 2.88. The first-order valence-electron chi connectivity index (χ1n) is 16.6. The van der Waals surface area contributed by atoms with Gasteiger partial charge in [-0.2, -0.15) is 0 Å². The zero-order valence-electron chi connectivity index (χ0n) is 30.8. The van der Waals surface area contributed by atoms with E-state index in [0.717, 1.165) is 57.7 Å². The maximum Gasteiger partial charge on any atom is 0.347 e. The van der Waals surface area contributed by atoms with Crippen molar-refractivity contribution in [3.8, 4) is 0 Å². The Bertz CT molecular complexity index is 772. The molecule has 41 heavy (non-hydrogen) atoms. The molecule has 0 aliphatic heterocycles. The van der Waals surface area contributed by atoms with E-state index in [0.29, 0.717) is 6.54 Å². The molecule has 0 aromatic carbocycles. The number of rotatable bonds is 22. The molecule has 0 spiro atoms. The molecule has 0 saturated carbocycles. The third kappa shape index (κ3) is 9.32. The summed E-state index contributed by atoms with van der Waals surface area (Å²) in [5.41, 5.74) is 5.34. The second-order valence-corrected chi connectivity index (χ2v) is 33.2. The number of hydrogen-bond donors (Lipinski definition) is 2. The third-order valence-corrected chi connectivity index (χ3v) is 24.8. The fourth-order valence-electron chi connectivity index (χ4n) is 6.83. The summed E-state index contributed by atoms with van der Waals surface area (Å²) >= 11 is 0. The first-order valence-corrected chi connectivity index (χ1v) is 28.4. The van der Waals surface area contributed by atoms with Gasteiger partial charge in [-0.25, -0.2) is 0 Å². The van der Waals surface area contributed by atoms with Crippen LogP contribution < -0.4 is 11.1 Å². The highest BCUT2D eigenvalue weighted by molar-refractivity contribution is 6.81. The average molecular weight is 651 g/mol. The van der Waals surface area contributed by atoms with Gasteiger partial charge in [0.15, 0.2) is 8.32 Å². The molecule has 0 heterocycles. The molecule has 248 valence electrons. The molecule has 6 nitrogen and oxygen atoms in total. The smallest absolute Gasteiger partial charge is 0.347 e. The van der Waals surface area contributed by atoms with Crippen molar-refractivity contribution in [2.75, 3.05) is 26.7 Å². The quantitative estimate of drug-likeness (QED) is 0.0903. The lowest BCUT2D eigenvalue weighted by Gasteiger charge is -2.60. The van der Waals surface area contributed by atoms with Crippen LogP contribution in [0.4, 0.5) is 0 Å². The molecule has 0 radical (unpaired) electrons. The minimum absolute atomic E-state index is 0.199. The molecule has 0 saturated heterocycles. The molecule has 0 bridgehead atoms. The van der Waals surface area contributed by atoms with Crippen LogP contribution in [-0.2, 0) is 17.7 Å². The summed E-state index contributed by atoms with van der Waals surface area (Å²) in [5, 5.41) is 2.79. The molecular weight excluding hydrogens is 577 g/mol. The lowest BCUT2D eigenvalue weighted by Crippen LogP contribution is -2.70. The van der Waals surface area contributed by atoms with Gasteiger partial charge in [-0.1, -0.05) is 61.2 Å². The Morgan fingerprint density at radius 2 is 1.22 bits per heavy atom. The van der Waals surface area contributed by atoms with Crippen molar-refractivity contribution in [1.82, 2.24) is 5.32 Å². The van der Waals surface area contributed by atoms with Crippen LogP contribution in [0.5, 0.6) is 0 Å². The van der Waals surface area contributed by atoms with Gasteiger partial charge in [0.1, 0.15) is 0 Å². The van der Waals surface area contributed by atoms with Gasteiger partial charge < -0.3 is 28.8 Å². The van der Waals surface area contributed by atoms with E-state index in [4.69, 9.17) is 23.4 Å². The third-order valence-electron chi connectivity index (χ3n) is 10.8. The molecule has 0 fully saturated rings. The zero-order chi connectivity index (χ0) is 32.6. The van der Waals surface area contributed by atoms with Crippen LogP contribution in [0.15, 0.2) is 0 Å². The highest BCUT2D eigenvalue weighted by Gasteiger charge is 2.66. The minimum atomic E-state index is -2.90. The van der Waals surface area contributed by atoms with Gasteiger partial charge in [0, 0.05) is 30.5 Å². The maximum atomic E-state index is 7.70. The van der Waals surface area contributed by atoms with Crippen LogP contribution >= 0.6 is 0 Å². The second kappa shape index (κ2) is 15.8. The summed E-state index contributed by atoms with van der Waals surface area (Å²) in [7, 11) is -6.93. The van der Waals surface area contributed by atoms with Gasteiger partial charge in [0.05, 0.1) is 18.9 Å². The van der Waals surface area contributed by atoms with Crippen molar-refractivity contribution in [2.45, 2.75) is 173 Å². The van der Waals surface area contributed by atoms with Crippen molar-refractivity contribution in [1.29, 1.82) is 0 Å². The Hall–Kier alpha value is 0.628. The van der Waals surface area contributed by atoms with E-state index >= 15 is 0 Å². The normalized spacial score (nSPS) is 19.8. The predicted octanol–water partition coefficient (Wildman–Crippen LogP) is 8.59. The second-order valence-electron chi connectivity index (χ2n) is 15.3. The summed E-state index contributed by atoms with van der Waals surface area (Å²) < 4.78 is 29.3. The van der Waals surface area contributed by atoms with Gasteiger partial charge in [-0.3, -0.25) is 0 Å². The molecular formula is C31H74N2O4Si4. The van der Waals surface area contributed by atoms with E-state index in [2.05, 4.69) is 113 Å². The summed E-state index contributed by atoms with van der Waals surface area (Å²) in [6.07, 6.45) is 5.74. The highest BCUT2D eigenvalue weighted by Crippen LogP contribution is 2.59. The molecule has 10 heteroatoms. The van der Waals surface area contributed by atoms with E-state index in [9.17, 15) is 0 Å². The summed E-state index contributed by atoms with van der Waals surface area (Å²) in [6.45, 7) is 40.1. The van der Waals surface area contributed by atoms with Crippen LogP contribution in [0.2, 0.25) is 63.5 Å². The van der Waals surface area contributed by atoms with Gasteiger partial charge in [0.2, 0.25) is 8.32 Å². The number of nitrogens with one attached hydrogen (secondary N) is 1. The topological polar surface area (TPSA) is 75.0 Å². The molecule has 3 N–H and O–H groups in total. The van der Waals surface area contributed by atoms with Crippen LogP contribution in [0.3, 0.4) is 0 Å². The fraction of sp³-hybridized carbons (Fsp3) is 1.00. The van der Waals surface area contributed by atoms with E-state index in [1.165, 1.54) is 0 Å². The Morgan fingerprint density at radius 1 is 0.683 bits per heavy atom. The molecule has 0 aliphatic rings. The van der Waals surface area contributed by atoms with Crippen molar-refractivity contribution in [3.63, 3.8) is 0 Å². The largest absolute Gasteiger partial charge is 0.412 e. The summed E-state index contributed by atoms with van der Waals surface area (Å²) in [6, 6.07) is 0.921. The number of hydrogen-bond acceptors (Lipinski definition) is 6. The van der Waals surface area contributed by atoms with Crippen LogP contribution in [0, 0.1) is 0 Å². The van der Waals surface area contributed by atoms with E-state index in [1.807, 2.05) is 7.11 Å². The van der Waals surface area contributed by atoms with E-state index < -0.39 is 38.9 Å². The molecule has 0 aliphatic carbocycles.